The molecule has 0 aliphatic carbocycles. The molecular formula is C10H18N4O3S. The number of aromatic nitrogens is 2. The van der Waals surface area contributed by atoms with Crippen molar-refractivity contribution in [3.8, 4) is 0 Å². The molecule has 102 valence electrons. The number of ether oxygens (including phenoxy) is 1. The van der Waals surface area contributed by atoms with Crippen molar-refractivity contribution in [2.24, 2.45) is 5.73 Å². The average molecular weight is 274 g/mol. The van der Waals surface area contributed by atoms with Crippen molar-refractivity contribution in [3.05, 3.63) is 11.4 Å². The van der Waals surface area contributed by atoms with Crippen molar-refractivity contribution in [1.82, 2.24) is 14.9 Å². The summed E-state index contributed by atoms with van der Waals surface area (Å²) in [5.74, 6) is 0. The molecule has 8 heteroatoms. The SMILES string of the molecule is Cc1[nH]nc(CN)c1S(=O)(=O)NC1CCCOC1. The first-order valence-corrected chi connectivity index (χ1v) is 7.37. The molecule has 0 saturated carbocycles. The first-order chi connectivity index (χ1) is 8.54. The fourth-order valence-electron chi connectivity index (χ4n) is 2.08. The second-order valence-corrected chi connectivity index (χ2v) is 6.01. The lowest BCUT2D eigenvalue weighted by atomic mass is 10.1. The van der Waals surface area contributed by atoms with Gasteiger partial charge in [0.2, 0.25) is 10.0 Å². The zero-order valence-corrected chi connectivity index (χ0v) is 11.1. The van der Waals surface area contributed by atoms with E-state index in [1.165, 1.54) is 0 Å². The highest BCUT2D eigenvalue weighted by Crippen LogP contribution is 2.18. The van der Waals surface area contributed by atoms with Gasteiger partial charge in [0.1, 0.15) is 4.90 Å². The summed E-state index contributed by atoms with van der Waals surface area (Å²) in [5, 5.41) is 6.54. The van der Waals surface area contributed by atoms with Crippen molar-refractivity contribution in [3.63, 3.8) is 0 Å². The predicted molar refractivity (Wildman–Crippen MR) is 65.4 cm³/mol. The van der Waals surface area contributed by atoms with E-state index in [0.29, 0.717) is 24.6 Å². The maximum atomic E-state index is 12.3. The van der Waals surface area contributed by atoms with Crippen molar-refractivity contribution in [2.45, 2.75) is 37.2 Å². The quantitative estimate of drug-likeness (QED) is 0.694. The van der Waals surface area contributed by atoms with Crippen molar-refractivity contribution >= 4 is 10.0 Å². The molecule has 1 unspecified atom stereocenters. The Hall–Kier alpha value is -0.960. The summed E-state index contributed by atoms with van der Waals surface area (Å²) in [7, 11) is -3.59. The first-order valence-electron chi connectivity index (χ1n) is 5.88. The second-order valence-electron chi connectivity index (χ2n) is 4.36. The van der Waals surface area contributed by atoms with E-state index in [1.54, 1.807) is 6.92 Å². The van der Waals surface area contributed by atoms with E-state index < -0.39 is 10.0 Å². The van der Waals surface area contributed by atoms with Gasteiger partial charge in [-0.15, -0.1) is 0 Å². The van der Waals surface area contributed by atoms with Gasteiger partial charge in [-0.3, -0.25) is 5.10 Å². The Morgan fingerprint density at radius 3 is 3.00 bits per heavy atom. The molecule has 18 heavy (non-hydrogen) atoms. The van der Waals surface area contributed by atoms with Crippen LogP contribution in [0.3, 0.4) is 0 Å². The lowest BCUT2D eigenvalue weighted by Crippen LogP contribution is -2.41. The van der Waals surface area contributed by atoms with Crippen LogP contribution in [0, 0.1) is 6.92 Å². The summed E-state index contributed by atoms with van der Waals surface area (Å²) in [4.78, 5) is 0.163. The molecule has 1 atom stereocenters. The van der Waals surface area contributed by atoms with Crippen LogP contribution in [0.25, 0.3) is 0 Å². The van der Waals surface area contributed by atoms with Crippen LogP contribution >= 0.6 is 0 Å². The molecule has 7 nitrogen and oxygen atoms in total. The molecule has 2 rings (SSSR count). The number of nitrogens with zero attached hydrogens (tertiary/aromatic N) is 1. The Kier molecular flexibility index (Phi) is 4.00. The van der Waals surface area contributed by atoms with Crippen LogP contribution in [0.5, 0.6) is 0 Å². The minimum absolute atomic E-state index is 0.0851. The Morgan fingerprint density at radius 2 is 2.39 bits per heavy atom. The highest BCUT2D eigenvalue weighted by molar-refractivity contribution is 7.89. The van der Waals surface area contributed by atoms with Gasteiger partial charge in [-0.2, -0.15) is 5.10 Å². The minimum Gasteiger partial charge on any atom is -0.380 e. The monoisotopic (exact) mass is 274 g/mol. The van der Waals surface area contributed by atoms with E-state index in [0.717, 1.165) is 12.8 Å². The number of rotatable bonds is 4. The first kappa shape index (κ1) is 13.5. The third-order valence-corrected chi connectivity index (χ3v) is 4.63. The summed E-state index contributed by atoms with van der Waals surface area (Å²) < 4.78 is 32.5. The van der Waals surface area contributed by atoms with Crippen LogP contribution < -0.4 is 10.5 Å². The normalized spacial score (nSPS) is 21.1. The van der Waals surface area contributed by atoms with Crippen LogP contribution in [0.1, 0.15) is 24.2 Å². The molecule has 0 aromatic carbocycles. The second kappa shape index (κ2) is 5.35. The molecule has 1 saturated heterocycles. The Morgan fingerprint density at radius 1 is 1.61 bits per heavy atom. The number of nitrogens with two attached hydrogens (primary N) is 1. The number of hydrogen-bond donors (Lipinski definition) is 3. The molecule has 0 amide bonds. The number of aryl methyl sites for hydroxylation is 1. The van der Waals surface area contributed by atoms with Gasteiger partial charge in [0, 0.05) is 19.2 Å². The lowest BCUT2D eigenvalue weighted by molar-refractivity contribution is 0.0774. The fraction of sp³-hybridized carbons (Fsp3) is 0.700. The standard InChI is InChI=1S/C10H18N4O3S/c1-7-10(9(5-11)13-12-7)18(15,16)14-8-3-2-4-17-6-8/h8,14H,2-6,11H2,1H3,(H,12,13). The summed E-state index contributed by atoms with van der Waals surface area (Å²) in [5.41, 5.74) is 6.35. The van der Waals surface area contributed by atoms with Gasteiger partial charge in [0.25, 0.3) is 0 Å². The molecule has 1 aromatic rings. The highest BCUT2D eigenvalue weighted by atomic mass is 32.2. The van der Waals surface area contributed by atoms with Gasteiger partial charge in [-0.25, -0.2) is 13.1 Å². The van der Waals surface area contributed by atoms with E-state index in [2.05, 4.69) is 14.9 Å². The Bertz CT molecular complexity index is 505. The van der Waals surface area contributed by atoms with Crippen molar-refractivity contribution < 1.29 is 13.2 Å². The van der Waals surface area contributed by atoms with E-state index >= 15 is 0 Å². The molecule has 0 spiro atoms. The number of aromatic amines is 1. The van der Waals surface area contributed by atoms with Crippen LogP contribution in [0.2, 0.25) is 0 Å². The lowest BCUT2D eigenvalue weighted by Gasteiger charge is -2.23. The smallest absolute Gasteiger partial charge is 0.244 e. The van der Waals surface area contributed by atoms with E-state index in [4.69, 9.17) is 10.5 Å². The number of H-pyrrole nitrogens is 1. The third-order valence-electron chi connectivity index (χ3n) is 2.91. The van der Waals surface area contributed by atoms with Crippen molar-refractivity contribution in [2.75, 3.05) is 13.2 Å². The van der Waals surface area contributed by atoms with E-state index in [9.17, 15) is 8.42 Å². The van der Waals surface area contributed by atoms with Crippen LogP contribution in [0.15, 0.2) is 4.90 Å². The summed E-state index contributed by atoms with van der Waals surface area (Å²) in [6, 6.07) is -0.177. The zero-order chi connectivity index (χ0) is 13.2. The van der Waals surface area contributed by atoms with Crippen LogP contribution in [-0.2, 0) is 21.3 Å². The molecule has 1 aliphatic heterocycles. The largest absolute Gasteiger partial charge is 0.380 e. The van der Waals surface area contributed by atoms with Gasteiger partial charge in [-0.05, 0) is 19.8 Å². The third kappa shape index (κ3) is 2.72. The van der Waals surface area contributed by atoms with Crippen molar-refractivity contribution in [1.29, 1.82) is 0 Å². The minimum atomic E-state index is -3.59. The van der Waals surface area contributed by atoms with Gasteiger partial charge >= 0.3 is 0 Å². The highest BCUT2D eigenvalue weighted by Gasteiger charge is 2.27. The molecule has 1 fully saturated rings. The molecule has 1 aliphatic rings. The summed E-state index contributed by atoms with van der Waals surface area (Å²) in [6.45, 7) is 2.85. The molecule has 0 bridgehead atoms. The molecular weight excluding hydrogens is 256 g/mol. The zero-order valence-electron chi connectivity index (χ0n) is 10.3. The summed E-state index contributed by atoms with van der Waals surface area (Å²) in [6.07, 6.45) is 1.65. The Balaban J connectivity index is 2.21. The maximum absolute atomic E-state index is 12.3. The maximum Gasteiger partial charge on any atom is 0.244 e. The summed E-state index contributed by atoms with van der Waals surface area (Å²) >= 11 is 0. The number of nitrogens with one attached hydrogen (secondary N) is 2. The molecule has 0 radical (unpaired) electrons. The van der Waals surface area contributed by atoms with Gasteiger partial charge in [0.15, 0.2) is 0 Å². The van der Waals surface area contributed by atoms with Gasteiger partial charge < -0.3 is 10.5 Å². The average Bonchev–Trinajstić information content (AvgIpc) is 2.72. The molecule has 2 heterocycles. The fourth-order valence-corrected chi connectivity index (χ4v) is 3.71. The molecule has 4 N–H and O–H groups in total. The molecule has 1 aromatic heterocycles. The van der Waals surface area contributed by atoms with E-state index in [1.807, 2.05) is 0 Å². The van der Waals surface area contributed by atoms with Crippen LogP contribution in [-0.4, -0.2) is 37.9 Å². The van der Waals surface area contributed by atoms with Gasteiger partial charge in [0.05, 0.1) is 18.0 Å². The van der Waals surface area contributed by atoms with E-state index in [-0.39, 0.29) is 17.5 Å². The number of sulfonamides is 1. The van der Waals surface area contributed by atoms with Crippen LogP contribution in [0.4, 0.5) is 0 Å². The topological polar surface area (TPSA) is 110 Å². The number of hydrogen-bond acceptors (Lipinski definition) is 5. The van der Waals surface area contributed by atoms with Gasteiger partial charge in [-0.1, -0.05) is 0 Å². The Labute approximate surface area is 106 Å². The predicted octanol–water partition coefficient (Wildman–Crippen LogP) is -0.366.